The SMILES string of the molecule is CCc1ccc(N2C(=O)C(=O)/C(=C(\O)c3cc(Cl)c(OC)c(Cl)c3)C2c2ccc(C)o2)cc1. The van der Waals surface area contributed by atoms with E-state index in [1.807, 2.05) is 19.1 Å². The predicted octanol–water partition coefficient (Wildman–Crippen LogP) is 6.09. The number of aliphatic hydroxyl groups excluding tert-OH is 1. The van der Waals surface area contributed by atoms with Crippen LogP contribution in [0.3, 0.4) is 0 Å². The first-order valence-electron chi connectivity index (χ1n) is 10.3. The zero-order valence-corrected chi connectivity index (χ0v) is 19.7. The van der Waals surface area contributed by atoms with Crippen LogP contribution in [0.1, 0.15) is 35.6 Å². The number of amides is 1. The third-order valence-electron chi connectivity index (χ3n) is 5.57. The Morgan fingerprint density at radius 2 is 1.73 bits per heavy atom. The van der Waals surface area contributed by atoms with Gasteiger partial charge in [0.15, 0.2) is 5.75 Å². The summed E-state index contributed by atoms with van der Waals surface area (Å²) in [4.78, 5) is 27.6. The summed E-state index contributed by atoms with van der Waals surface area (Å²) in [5.41, 5.74) is 1.66. The van der Waals surface area contributed by atoms with Crippen LogP contribution >= 0.6 is 23.2 Å². The molecule has 8 heteroatoms. The lowest BCUT2D eigenvalue weighted by Crippen LogP contribution is -2.29. The Kier molecular flexibility index (Phi) is 6.23. The van der Waals surface area contributed by atoms with Gasteiger partial charge in [-0.15, -0.1) is 0 Å². The van der Waals surface area contributed by atoms with Crippen LogP contribution in [0.15, 0.2) is 58.5 Å². The summed E-state index contributed by atoms with van der Waals surface area (Å²) in [6, 6.07) is 12.6. The molecule has 1 saturated heterocycles. The van der Waals surface area contributed by atoms with E-state index in [4.69, 9.17) is 32.4 Å². The van der Waals surface area contributed by atoms with Crippen molar-refractivity contribution in [3.63, 3.8) is 0 Å². The van der Waals surface area contributed by atoms with E-state index in [0.717, 1.165) is 12.0 Å². The van der Waals surface area contributed by atoms with Gasteiger partial charge in [0.2, 0.25) is 0 Å². The molecule has 0 aliphatic carbocycles. The summed E-state index contributed by atoms with van der Waals surface area (Å²) in [6.45, 7) is 3.78. The van der Waals surface area contributed by atoms with Crippen molar-refractivity contribution in [3.05, 3.63) is 86.8 Å². The van der Waals surface area contributed by atoms with Gasteiger partial charge in [0.1, 0.15) is 23.3 Å². The molecule has 6 nitrogen and oxygen atoms in total. The predicted molar refractivity (Wildman–Crippen MR) is 127 cm³/mol. The minimum absolute atomic E-state index is 0.119. The Morgan fingerprint density at radius 3 is 2.24 bits per heavy atom. The molecule has 1 unspecified atom stereocenters. The Balaban J connectivity index is 1.92. The van der Waals surface area contributed by atoms with Crippen LogP contribution in [-0.2, 0) is 16.0 Å². The molecule has 0 saturated carbocycles. The molecule has 33 heavy (non-hydrogen) atoms. The maximum atomic E-state index is 13.2. The number of carbonyl (C=O) groups is 2. The van der Waals surface area contributed by atoms with Gasteiger partial charge in [-0.1, -0.05) is 42.3 Å². The van der Waals surface area contributed by atoms with Crippen LogP contribution in [-0.4, -0.2) is 23.9 Å². The highest BCUT2D eigenvalue weighted by Crippen LogP contribution is 2.44. The van der Waals surface area contributed by atoms with E-state index in [0.29, 0.717) is 17.2 Å². The Morgan fingerprint density at radius 1 is 1.09 bits per heavy atom. The summed E-state index contributed by atoms with van der Waals surface area (Å²) in [7, 11) is 1.42. The first kappa shape index (κ1) is 23.0. The van der Waals surface area contributed by atoms with Gasteiger partial charge in [0.05, 0.1) is 22.7 Å². The van der Waals surface area contributed by atoms with Crippen molar-refractivity contribution >= 4 is 46.3 Å². The zero-order valence-electron chi connectivity index (χ0n) is 18.2. The molecular weight excluding hydrogens is 465 g/mol. The van der Waals surface area contributed by atoms with Gasteiger partial charge >= 0.3 is 0 Å². The molecule has 1 amide bonds. The second kappa shape index (κ2) is 8.96. The maximum absolute atomic E-state index is 13.2. The number of ketones is 1. The van der Waals surface area contributed by atoms with Crippen LogP contribution in [0.2, 0.25) is 10.0 Å². The van der Waals surface area contributed by atoms with E-state index in [-0.39, 0.29) is 26.9 Å². The zero-order chi connectivity index (χ0) is 23.9. The van der Waals surface area contributed by atoms with E-state index >= 15 is 0 Å². The van der Waals surface area contributed by atoms with Crippen molar-refractivity contribution in [2.75, 3.05) is 12.0 Å². The van der Waals surface area contributed by atoms with Crippen molar-refractivity contribution in [2.24, 2.45) is 0 Å². The smallest absolute Gasteiger partial charge is 0.300 e. The number of aryl methyl sites for hydroxylation is 2. The van der Waals surface area contributed by atoms with E-state index in [9.17, 15) is 14.7 Å². The van der Waals surface area contributed by atoms with Gasteiger partial charge in [-0.3, -0.25) is 14.5 Å². The van der Waals surface area contributed by atoms with Gasteiger partial charge in [-0.05, 0) is 55.3 Å². The number of furan rings is 1. The fraction of sp³-hybridized carbons (Fsp3) is 0.200. The summed E-state index contributed by atoms with van der Waals surface area (Å²) in [5.74, 6) is -0.832. The minimum atomic E-state index is -0.967. The Bertz CT molecular complexity index is 1250. The molecule has 0 radical (unpaired) electrons. The Hall–Kier alpha value is -3.22. The summed E-state index contributed by atoms with van der Waals surface area (Å²) in [6.07, 6.45) is 0.832. The van der Waals surface area contributed by atoms with Crippen molar-refractivity contribution in [3.8, 4) is 5.75 Å². The number of ether oxygens (including phenoxy) is 1. The van der Waals surface area contributed by atoms with Crippen molar-refractivity contribution in [1.29, 1.82) is 0 Å². The number of methoxy groups -OCH3 is 1. The number of nitrogens with zero attached hydrogens (tertiary/aromatic N) is 1. The van der Waals surface area contributed by atoms with Crippen molar-refractivity contribution in [2.45, 2.75) is 26.3 Å². The fourth-order valence-corrected chi connectivity index (χ4v) is 4.55. The number of hydrogen-bond donors (Lipinski definition) is 1. The molecular formula is C25H21Cl2NO5. The van der Waals surface area contributed by atoms with Crippen LogP contribution in [0.25, 0.3) is 5.76 Å². The van der Waals surface area contributed by atoms with E-state index < -0.39 is 23.5 Å². The van der Waals surface area contributed by atoms with Gasteiger partial charge in [0, 0.05) is 11.3 Å². The second-order valence-corrected chi connectivity index (χ2v) is 8.43. The Labute approximate surface area is 201 Å². The molecule has 1 aliphatic heterocycles. The average molecular weight is 486 g/mol. The normalized spacial score (nSPS) is 17.6. The molecule has 1 aliphatic rings. The molecule has 2 heterocycles. The summed E-state index contributed by atoms with van der Waals surface area (Å²) >= 11 is 12.5. The van der Waals surface area contributed by atoms with E-state index in [2.05, 4.69) is 0 Å². The summed E-state index contributed by atoms with van der Waals surface area (Å²) < 4.78 is 11.0. The molecule has 4 rings (SSSR count). The standard InChI is InChI=1S/C25H21Cl2NO5/c1-4-14-6-8-16(9-7-14)28-21(19-10-5-13(2)33-19)20(23(30)25(28)31)22(29)15-11-17(26)24(32-3)18(27)12-15/h5-12,21,29H,4H2,1-3H3/b22-20-. The lowest BCUT2D eigenvalue weighted by molar-refractivity contribution is -0.132. The highest BCUT2D eigenvalue weighted by atomic mass is 35.5. The van der Waals surface area contributed by atoms with Crippen molar-refractivity contribution < 1.29 is 23.8 Å². The topological polar surface area (TPSA) is 80.0 Å². The lowest BCUT2D eigenvalue weighted by Gasteiger charge is -2.23. The number of anilines is 1. The van der Waals surface area contributed by atoms with Crippen molar-refractivity contribution in [1.82, 2.24) is 0 Å². The largest absolute Gasteiger partial charge is 0.507 e. The molecule has 0 spiro atoms. The molecule has 1 N–H and O–H groups in total. The molecule has 1 atom stereocenters. The molecule has 0 bridgehead atoms. The number of aliphatic hydroxyl groups is 1. The van der Waals surface area contributed by atoms with Gasteiger partial charge in [0.25, 0.3) is 11.7 Å². The third-order valence-corrected chi connectivity index (χ3v) is 6.14. The molecule has 170 valence electrons. The van der Waals surface area contributed by atoms with Crippen LogP contribution in [0, 0.1) is 6.92 Å². The fourth-order valence-electron chi connectivity index (χ4n) is 3.91. The van der Waals surface area contributed by atoms with Gasteiger partial charge in [-0.2, -0.15) is 0 Å². The van der Waals surface area contributed by atoms with Crippen LogP contribution in [0.4, 0.5) is 5.69 Å². The molecule has 3 aromatic rings. The average Bonchev–Trinajstić information content (AvgIpc) is 3.34. The van der Waals surface area contributed by atoms with Gasteiger partial charge < -0.3 is 14.3 Å². The van der Waals surface area contributed by atoms with E-state index in [1.165, 1.54) is 24.1 Å². The molecule has 1 aromatic heterocycles. The quantitative estimate of drug-likeness (QED) is 0.268. The lowest BCUT2D eigenvalue weighted by atomic mass is 9.99. The third kappa shape index (κ3) is 4.01. The highest BCUT2D eigenvalue weighted by molar-refractivity contribution is 6.51. The molecule has 2 aromatic carbocycles. The first-order chi connectivity index (χ1) is 15.8. The van der Waals surface area contributed by atoms with Crippen LogP contribution in [0.5, 0.6) is 5.75 Å². The number of carbonyl (C=O) groups excluding carboxylic acids is 2. The monoisotopic (exact) mass is 485 g/mol. The second-order valence-electron chi connectivity index (χ2n) is 7.61. The number of Topliss-reactive ketones (excluding diaryl/α,β-unsaturated/α-hetero) is 1. The van der Waals surface area contributed by atoms with Gasteiger partial charge in [-0.25, -0.2) is 0 Å². The maximum Gasteiger partial charge on any atom is 0.300 e. The molecule has 1 fully saturated rings. The highest BCUT2D eigenvalue weighted by Gasteiger charge is 2.48. The number of hydrogen-bond acceptors (Lipinski definition) is 5. The number of halogens is 2. The van der Waals surface area contributed by atoms with E-state index in [1.54, 1.807) is 31.2 Å². The number of benzene rings is 2. The minimum Gasteiger partial charge on any atom is -0.507 e. The summed E-state index contributed by atoms with van der Waals surface area (Å²) in [5, 5.41) is 11.5. The van der Waals surface area contributed by atoms with Crippen LogP contribution < -0.4 is 9.64 Å². The number of rotatable bonds is 5. The first-order valence-corrected chi connectivity index (χ1v) is 11.0.